The van der Waals surface area contributed by atoms with E-state index in [-0.39, 0.29) is 12.5 Å². The van der Waals surface area contributed by atoms with Crippen molar-refractivity contribution >= 4 is 12.0 Å². The van der Waals surface area contributed by atoms with Gasteiger partial charge in [-0.05, 0) is 0 Å². The van der Waals surface area contributed by atoms with Crippen LogP contribution in [0.2, 0.25) is 0 Å². The highest BCUT2D eigenvalue weighted by Gasteiger charge is 1.94. The van der Waals surface area contributed by atoms with Crippen LogP contribution < -0.4 is 10.6 Å². The summed E-state index contributed by atoms with van der Waals surface area (Å²) in [6, 6.07) is 0. The van der Waals surface area contributed by atoms with Gasteiger partial charge in [0.05, 0.1) is 26.4 Å². The zero-order valence-corrected chi connectivity index (χ0v) is 9.32. The topological polar surface area (TPSA) is 96.9 Å². The third kappa shape index (κ3) is 12.7. The molecule has 0 bridgehead atoms. The van der Waals surface area contributed by atoms with Gasteiger partial charge in [0.15, 0.2) is 0 Å². The van der Waals surface area contributed by atoms with Crippen LogP contribution in [0.1, 0.15) is 6.92 Å². The summed E-state index contributed by atoms with van der Waals surface area (Å²) in [5.41, 5.74) is 0. The fourth-order valence-corrected chi connectivity index (χ4v) is 0.851. The lowest BCUT2D eigenvalue weighted by Gasteiger charge is -2.06. The van der Waals surface area contributed by atoms with Crippen molar-refractivity contribution in [1.29, 1.82) is 0 Å². The third-order valence-electron chi connectivity index (χ3n) is 1.51. The minimum atomic E-state index is -1.06. The molecule has 16 heavy (non-hydrogen) atoms. The van der Waals surface area contributed by atoms with Gasteiger partial charge in [0.1, 0.15) is 0 Å². The Morgan fingerprint density at radius 1 is 1.00 bits per heavy atom. The Labute approximate surface area is 94.1 Å². The Morgan fingerprint density at radius 2 is 1.50 bits per heavy atom. The number of rotatable bonds is 9. The zero-order chi connectivity index (χ0) is 12.2. The molecule has 0 heterocycles. The van der Waals surface area contributed by atoms with Crippen molar-refractivity contribution < 1.29 is 24.2 Å². The largest absolute Gasteiger partial charge is 0.465 e. The first-order valence-electron chi connectivity index (χ1n) is 4.99. The Bertz CT molecular complexity index is 188. The van der Waals surface area contributed by atoms with E-state index in [1.165, 1.54) is 6.92 Å². The fourth-order valence-electron chi connectivity index (χ4n) is 0.851. The van der Waals surface area contributed by atoms with Crippen LogP contribution in [0.15, 0.2) is 0 Å². The fraction of sp³-hybridized carbons (Fsp3) is 0.778. The van der Waals surface area contributed by atoms with E-state index in [0.717, 1.165) is 0 Å². The zero-order valence-electron chi connectivity index (χ0n) is 9.32. The predicted molar refractivity (Wildman–Crippen MR) is 56.3 cm³/mol. The van der Waals surface area contributed by atoms with Crippen molar-refractivity contribution in [2.45, 2.75) is 6.92 Å². The highest BCUT2D eigenvalue weighted by molar-refractivity contribution is 5.72. The average Bonchev–Trinajstić information content (AvgIpc) is 2.20. The van der Waals surface area contributed by atoms with Gasteiger partial charge in [-0.2, -0.15) is 0 Å². The molecule has 7 heteroatoms. The summed E-state index contributed by atoms with van der Waals surface area (Å²) >= 11 is 0. The second kappa shape index (κ2) is 10.2. The van der Waals surface area contributed by atoms with Crippen LogP contribution >= 0.6 is 0 Å². The van der Waals surface area contributed by atoms with Gasteiger partial charge in [0.2, 0.25) is 5.91 Å². The van der Waals surface area contributed by atoms with Crippen molar-refractivity contribution in [2.75, 3.05) is 39.5 Å². The Morgan fingerprint density at radius 3 is 1.94 bits per heavy atom. The van der Waals surface area contributed by atoms with Gasteiger partial charge >= 0.3 is 6.09 Å². The first-order chi connectivity index (χ1) is 7.63. The monoisotopic (exact) mass is 234 g/mol. The molecule has 0 aliphatic carbocycles. The van der Waals surface area contributed by atoms with Crippen LogP contribution in [-0.4, -0.2) is 56.6 Å². The maximum atomic E-state index is 10.5. The smallest absolute Gasteiger partial charge is 0.404 e. The lowest BCUT2D eigenvalue weighted by atomic mass is 10.6. The molecule has 0 fully saturated rings. The van der Waals surface area contributed by atoms with E-state index in [2.05, 4.69) is 10.6 Å². The van der Waals surface area contributed by atoms with Gasteiger partial charge in [-0.3, -0.25) is 4.79 Å². The maximum absolute atomic E-state index is 10.5. The molecule has 2 amide bonds. The molecule has 0 aromatic carbocycles. The van der Waals surface area contributed by atoms with Gasteiger partial charge in [0.25, 0.3) is 0 Å². The summed E-state index contributed by atoms with van der Waals surface area (Å²) in [5.74, 6) is -0.0837. The van der Waals surface area contributed by atoms with E-state index in [1.54, 1.807) is 0 Å². The van der Waals surface area contributed by atoms with Crippen LogP contribution in [0.4, 0.5) is 4.79 Å². The second-order valence-electron chi connectivity index (χ2n) is 2.94. The molecule has 0 aromatic rings. The van der Waals surface area contributed by atoms with Gasteiger partial charge in [-0.1, -0.05) is 0 Å². The average molecular weight is 234 g/mol. The van der Waals surface area contributed by atoms with E-state index in [4.69, 9.17) is 14.6 Å². The molecule has 0 aromatic heterocycles. The highest BCUT2D eigenvalue weighted by atomic mass is 16.5. The van der Waals surface area contributed by atoms with Crippen LogP contribution in [-0.2, 0) is 14.3 Å². The minimum Gasteiger partial charge on any atom is -0.465 e. The number of carbonyl (C=O) groups excluding carboxylic acids is 1. The van der Waals surface area contributed by atoms with Crippen LogP contribution in [0.3, 0.4) is 0 Å². The molecule has 94 valence electrons. The number of hydrogen-bond donors (Lipinski definition) is 3. The molecule has 0 saturated carbocycles. The first-order valence-corrected chi connectivity index (χ1v) is 4.99. The summed E-state index contributed by atoms with van der Waals surface area (Å²) in [4.78, 5) is 20.5. The van der Waals surface area contributed by atoms with Crippen molar-refractivity contribution in [3.63, 3.8) is 0 Å². The Hall–Kier alpha value is -1.34. The Balaban J connectivity index is 2.98. The molecule has 0 rings (SSSR count). The van der Waals surface area contributed by atoms with E-state index in [1.807, 2.05) is 0 Å². The first kappa shape index (κ1) is 14.7. The number of amides is 2. The quantitative estimate of drug-likeness (QED) is 0.464. The summed E-state index contributed by atoms with van der Waals surface area (Å²) in [6.07, 6.45) is -1.06. The molecular formula is C9H18N2O5. The predicted octanol–water partition coefficient (Wildman–Crippen LogP) is -0.577. The summed E-state index contributed by atoms with van der Waals surface area (Å²) in [6.45, 7) is 3.78. The second-order valence-corrected chi connectivity index (χ2v) is 2.94. The third-order valence-corrected chi connectivity index (χ3v) is 1.51. The number of carboxylic acid groups (broad SMARTS) is 1. The molecule has 0 saturated heterocycles. The lowest BCUT2D eigenvalue weighted by Crippen LogP contribution is -2.26. The van der Waals surface area contributed by atoms with Crippen LogP contribution in [0.5, 0.6) is 0 Å². The van der Waals surface area contributed by atoms with Crippen molar-refractivity contribution in [2.24, 2.45) is 0 Å². The number of ether oxygens (including phenoxy) is 2. The van der Waals surface area contributed by atoms with Gasteiger partial charge in [-0.25, -0.2) is 4.79 Å². The van der Waals surface area contributed by atoms with Crippen molar-refractivity contribution in [3.8, 4) is 0 Å². The van der Waals surface area contributed by atoms with E-state index in [0.29, 0.717) is 33.0 Å². The van der Waals surface area contributed by atoms with Crippen LogP contribution in [0, 0.1) is 0 Å². The van der Waals surface area contributed by atoms with Crippen molar-refractivity contribution in [3.05, 3.63) is 0 Å². The SMILES string of the molecule is CC(=O)NCCOCCOCCNC(=O)O. The molecule has 0 unspecified atom stereocenters. The van der Waals surface area contributed by atoms with Gasteiger partial charge < -0.3 is 25.2 Å². The lowest BCUT2D eigenvalue weighted by molar-refractivity contribution is -0.119. The molecule has 3 N–H and O–H groups in total. The van der Waals surface area contributed by atoms with E-state index < -0.39 is 6.09 Å². The molecule has 0 aliphatic heterocycles. The number of nitrogens with one attached hydrogen (secondary N) is 2. The molecule has 7 nitrogen and oxygen atoms in total. The number of carbonyl (C=O) groups is 2. The Kier molecular flexibility index (Phi) is 9.33. The molecule has 0 atom stereocenters. The van der Waals surface area contributed by atoms with E-state index >= 15 is 0 Å². The molecule has 0 radical (unpaired) electrons. The van der Waals surface area contributed by atoms with Crippen LogP contribution in [0.25, 0.3) is 0 Å². The maximum Gasteiger partial charge on any atom is 0.404 e. The standard InChI is InChI=1S/C9H18N2O5/c1-8(12)10-2-4-15-6-7-16-5-3-11-9(13)14/h11H,2-7H2,1H3,(H,10,12)(H,13,14). The summed E-state index contributed by atoms with van der Waals surface area (Å²) < 4.78 is 10.2. The normalized spacial score (nSPS) is 9.81. The highest BCUT2D eigenvalue weighted by Crippen LogP contribution is 1.78. The summed E-state index contributed by atoms with van der Waals surface area (Å²) in [5, 5.41) is 13.0. The van der Waals surface area contributed by atoms with E-state index in [9.17, 15) is 9.59 Å². The number of hydrogen-bond acceptors (Lipinski definition) is 4. The van der Waals surface area contributed by atoms with Gasteiger partial charge in [-0.15, -0.1) is 0 Å². The summed E-state index contributed by atoms with van der Waals surface area (Å²) in [7, 11) is 0. The minimum absolute atomic E-state index is 0.0837. The van der Waals surface area contributed by atoms with Crippen molar-refractivity contribution in [1.82, 2.24) is 10.6 Å². The molecular weight excluding hydrogens is 216 g/mol. The van der Waals surface area contributed by atoms with Gasteiger partial charge in [0, 0.05) is 20.0 Å². The molecule has 0 aliphatic rings. The molecule has 0 spiro atoms.